The Balaban J connectivity index is 0.00000182. The van der Waals surface area contributed by atoms with Gasteiger partial charge in [0.15, 0.2) is 0 Å². The number of aryl methyl sites for hydroxylation is 1. The summed E-state index contributed by atoms with van der Waals surface area (Å²) in [7, 11) is 0. The summed E-state index contributed by atoms with van der Waals surface area (Å²) < 4.78 is 13.1. The van der Waals surface area contributed by atoms with Crippen molar-refractivity contribution in [1.29, 1.82) is 0 Å². The molecule has 1 aromatic carbocycles. The minimum atomic E-state index is -0.241. The number of aromatic nitrogens is 1. The van der Waals surface area contributed by atoms with Gasteiger partial charge >= 0.3 is 0 Å². The van der Waals surface area contributed by atoms with Crippen LogP contribution in [0.3, 0.4) is 0 Å². The van der Waals surface area contributed by atoms with Crippen LogP contribution in [0.2, 0.25) is 0 Å². The number of rotatable bonds is 3. The summed E-state index contributed by atoms with van der Waals surface area (Å²) in [4.78, 5) is 18.3. The topological polar surface area (TPSA) is 54.0 Å². The number of carbonyl (C=O) groups excluding carboxylic acids is 1. The highest BCUT2D eigenvalue weighted by atomic mass is 35.5. The van der Waals surface area contributed by atoms with Crippen molar-refractivity contribution in [2.24, 2.45) is 0 Å². The highest BCUT2D eigenvalue weighted by Crippen LogP contribution is 2.38. The standard InChI is InChI=1S/C18H20FN3OS.ClH/c19-12-8-6-11(7-9-12)18-22-14-4-1-3-13(16(14)24-18)21-17(23)15-5-2-10-20-15;/h6-9,13,15,20H,1-5,10H2,(H,21,23);1H. The lowest BCUT2D eigenvalue weighted by molar-refractivity contribution is -0.123. The number of hydrogen-bond acceptors (Lipinski definition) is 4. The van der Waals surface area contributed by atoms with Gasteiger partial charge in [-0.3, -0.25) is 4.79 Å². The molecule has 2 heterocycles. The number of nitrogens with zero attached hydrogens (tertiary/aromatic N) is 1. The Kier molecular flexibility index (Phi) is 5.71. The third-order valence-electron chi connectivity index (χ3n) is 4.73. The fourth-order valence-corrected chi connectivity index (χ4v) is 4.66. The third kappa shape index (κ3) is 3.86. The van der Waals surface area contributed by atoms with Crippen molar-refractivity contribution in [3.63, 3.8) is 0 Å². The first-order chi connectivity index (χ1) is 11.7. The van der Waals surface area contributed by atoms with E-state index in [4.69, 9.17) is 4.98 Å². The van der Waals surface area contributed by atoms with Crippen LogP contribution in [-0.4, -0.2) is 23.5 Å². The molecule has 134 valence electrons. The number of nitrogens with one attached hydrogen (secondary N) is 2. The molecule has 2 aliphatic rings. The van der Waals surface area contributed by atoms with E-state index in [1.54, 1.807) is 23.5 Å². The third-order valence-corrected chi connectivity index (χ3v) is 6.00. The highest BCUT2D eigenvalue weighted by molar-refractivity contribution is 7.15. The summed E-state index contributed by atoms with van der Waals surface area (Å²) >= 11 is 1.62. The summed E-state index contributed by atoms with van der Waals surface area (Å²) in [5, 5.41) is 7.35. The van der Waals surface area contributed by atoms with E-state index in [2.05, 4.69) is 10.6 Å². The lowest BCUT2D eigenvalue weighted by Crippen LogP contribution is -2.42. The first-order valence-corrected chi connectivity index (χ1v) is 9.31. The predicted octanol–water partition coefficient (Wildman–Crippen LogP) is 3.62. The molecule has 2 atom stereocenters. The van der Waals surface area contributed by atoms with E-state index in [9.17, 15) is 9.18 Å². The van der Waals surface area contributed by atoms with E-state index in [1.807, 2.05) is 0 Å². The second-order valence-corrected chi connectivity index (χ2v) is 7.47. The number of thiazole rings is 1. The van der Waals surface area contributed by atoms with Gasteiger partial charge in [0.05, 0.1) is 22.7 Å². The first-order valence-electron chi connectivity index (χ1n) is 8.50. The number of carbonyl (C=O) groups is 1. The van der Waals surface area contributed by atoms with Gasteiger partial charge in [0.25, 0.3) is 0 Å². The van der Waals surface area contributed by atoms with Crippen molar-refractivity contribution >= 4 is 29.7 Å². The molecule has 2 unspecified atom stereocenters. The summed E-state index contributed by atoms with van der Waals surface area (Å²) in [5.41, 5.74) is 2.01. The van der Waals surface area contributed by atoms with Crippen LogP contribution in [0, 0.1) is 5.82 Å². The summed E-state index contributed by atoms with van der Waals surface area (Å²) in [5.74, 6) is -0.142. The van der Waals surface area contributed by atoms with E-state index >= 15 is 0 Å². The van der Waals surface area contributed by atoms with Gasteiger partial charge in [-0.1, -0.05) is 0 Å². The Hall–Kier alpha value is -1.50. The van der Waals surface area contributed by atoms with Crippen LogP contribution < -0.4 is 10.6 Å². The first kappa shape index (κ1) is 18.3. The van der Waals surface area contributed by atoms with Crippen molar-refractivity contribution in [2.75, 3.05) is 6.54 Å². The zero-order valence-corrected chi connectivity index (χ0v) is 15.4. The van der Waals surface area contributed by atoms with Crippen LogP contribution in [0.4, 0.5) is 4.39 Å². The van der Waals surface area contributed by atoms with Crippen molar-refractivity contribution in [3.05, 3.63) is 40.7 Å². The zero-order chi connectivity index (χ0) is 16.5. The van der Waals surface area contributed by atoms with E-state index in [1.165, 1.54) is 12.1 Å². The van der Waals surface area contributed by atoms with E-state index in [0.29, 0.717) is 0 Å². The molecule has 1 aliphatic carbocycles. The van der Waals surface area contributed by atoms with Crippen LogP contribution in [-0.2, 0) is 11.2 Å². The highest BCUT2D eigenvalue weighted by Gasteiger charge is 2.29. The molecule has 1 saturated heterocycles. The van der Waals surface area contributed by atoms with Gasteiger partial charge in [0, 0.05) is 5.56 Å². The van der Waals surface area contributed by atoms with Crippen LogP contribution in [0.5, 0.6) is 0 Å². The van der Waals surface area contributed by atoms with E-state index in [-0.39, 0.29) is 36.2 Å². The molecule has 1 fully saturated rings. The molecule has 1 aliphatic heterocycles. The molecule has 2 N–H and O–H groups in total. The Morgan fingerprint density at radius 1 is 1.24 bits per heavy atom. The van der Waals surface area contributed by atoms with Gasteiger partial charge in [-0.25, -0.2) is 9.37 Å². The van der Waals surface area contributed by atoms with Crippen LogP contribution in [0.25, 0.3) is 10.6 Å². The number of amides is 1. The zero-order valence-electron chi connectivity index (χ0n) is 13.8. The second-order valence-electron chi connectivity index (χ2n) is 6.44. The van der Waals surface area contributed by atoms with Crippen molar-refractivity contribution in [2.45, 2.75) is 44.2 Å². The van der Waals surface area contributed by atoms with Gasteiger partial charge in [-0.05, 0) is 62.9 Å². The largest absolute Gasteiger partial charge is 0.347 e. The van der Waals surface area contributed by atoms with Crippen molar-refractivity contribution in [1.82, 2.24) is 15.6 Å². The van der Waals surface area contributed by atoms with Crippen LogP contribution in [0.1, 0.15) is 42.3 Å². The van der Waals surface area contributed by atoms with E-state index < -0.39 is 0 Å². The van der Waals surface area contributed by atoms with E-state index in [0.717, 1.165) is 59.8 Å². The normalized spacial score (nSPS) is 22.1. The molecule has 2 aromatic rings. The maximum absolute atomic E-state index is 13.1. The van der Waals surface area contributed by atoms with Gasteiger partial charge in [0.2, 0.25) is 5.91 Å². The van der Waals surface area contributed by atoms with Gasteiger partial charge in [-0.2, -0.15) is 0 Å². The molecule has 0 spiro atoms. The second kappa shape index (κ2) is 7.81. The molecule has 25 heavy (non-hydrogen) atoms. The maximum atomic E-state index is 13.1. The molecular formula is C18H21ClFN3OS. The average Bonchev–Trinajstić information content (AvgIpc) is 3.25. The summed E-state index contributed by atoms with van der Waals surface area (Å²) in [6.07, 6.45) is 4.90. The van der Waals surface area contributed by atoms with Crippen molar-refractivity contribution in [3.8, 4) is 10.6 Å². The summed E-state index contributed by atoms with van der Waals surface area (Å²) in [6, 6.07) is 6.43. The fraction of sp³-hybridized carbons (Fsp3) is 0.444. The number of fused-ring (bicyclic) bond motifs is 1. The van der Waals surface area contributed by atoms with Crippen molar-refractivity contribution < 1.29 is 9.18 Å². The molecule has 0 radical (unpaired) electrons. The Morgan fingerprint density at radius 3 is 2.76 bits per heavy atom. The summed E-state index contributed by atoms with van der Waals surface area (Å²) in [6.45, 7) is 0.920. The minimum Gasteiger partial charge on any atom is -0.347 e. The SMILES string of the molecule is Cl.O=C(NC1CCCc2nc(-c3ccc(F)cc3)sc21)C1CCCN1. The smallest absolute Gasteiger partial charge is 0.237 e. The van der Waals surface area contributed by atoms with Gasteiger partial charge < -0.3 is 10.6 Å². The minimum absolute atomic E-state index is 0. The predicted molar refractivity (Wildman–Crippen MR) is 99.6 cm³/mol. The molecule has 4 rings (SSSR count). The number of hydrogen-bond donors (Lipinski definition) is 2. The van der Waals surface area contributed by atoms with Gasteiger partial charge in [0.1, 0.15) is 10.8 Å². The lowest BCUT2D eigenvalue weighted by Gasteiger charge is -2.24. The number of benzene rings is 1. The number of halogens is 2. The molecule has 1 aromatic heterocycles. The molecule has 7 heteroatoms. The van der Waals surface area contributed by atoms with Gasteiger partial charge in [-0.15, -0.1) is 23.7 Å². The maximum Gasteiger partial charge on any atom is 0.237 e. The Labute approximate surface area is 156 Å². The molecule has 0 saturated carbocycles. The fourth-order valence-electron chi connectivity index (χ4n) is 3.45. The van der Waals surface area contributed by atoms with Crippen LogP contribution in [0.15, 0.2) is 24.3 Å². The quantitative estimate of drug-likeness (QED) is 0.853. The average molecular weight is 382 g/mol. The van der Waals surface area contributed by atoms with Crippen LogP contribution >= 0.6 is 23.7 Å². The monoisotopic (exact) mass is 381 g/mol. The lowest BCUT2D eigenvalue weighted by atomic mass is 9.97. The molecule has 4 nitrogen and oxygen atoms in total. The molecular weight excluding hydrogens is 361 g/mol. The molecule has 0 bridgehead atoms. The Morgan fingerprint density at radius 2 is 2.04 bits per heavy atom. The Bertz CT molecular complexity index is 743. The molecule has 1 amide bonds.